The lowest BCUT2D eigenvalue weighted by molar-refractivity contribution is 0.0180. The van der Waals surface area contributed by atoms with Crippen LogP contribution in [0.4, 0.5) is 5.69 Å². The third kappa shape index (κ3) is 4.10. The molecule has 2 aliphatic heterocycles. The largest absolute Gasteiger partial charge is 0.497 e. The lowest BCUT2D eigenvalue weighted by Gasteiger charge is -2.42. The standard InChI is InChI=1S/C24H30N2O3/c1-25(2)21-7-4-18(5-8-21)24(27)26-16-19-6-9-22(28-3)14-20(19)15-23(26)17-10-12-29-13-11-17/h4-9,14,17,23H,10-13,15-16H2,1-3H3/t23-/m0/s1. The Morgan fingerprint density at radius 1 is 1.07 bits per heavy atom. The highest BCUT2D eigenvalue weighted by Gasteiger charge is 2.36. The Bertz CT molecular complexity index is 857. The van der Waals surface area contributed by atoms with E-state index >= 15 is 0 Å². The highest BCUT2D eigenvalue weighted by atomic mass is 16.5. The molecule has 29 heavy (non-hydrogen) atoms. The van der Waals surface area contributed by atoms with Gasteiger partial charge in [-0.05, 0) is 72.7 Å². The van der Waals surface area contributed by atoms with E-state index in [2.05, 4.69) is 17.0 Å². The van der Waals surface area contributed by atoms with Gasteiger partial charge in [-0.15, -0.1) is 0 Å². The zero-order chi connectivity index (χ0) is 20.4. The number of fused-ring (bicyclic) bond motifs is 1. The molecule has 5 heteroatoms. The van der Waals surface area contributed by atoms with E-state index in [0.29, 0.717) is 12.5 Å². The molecule has 4 rings (SSSR count). The van der Waals surface area contributed by atoms with Crippen LogP contribution in [-0.2, 0) is 17.7 Å². The molecule has 2 aromatic rings. The normalized spacial score (nSPS) is 19.6. The van der Waals surface area contributed by atoms with E-state index in [1.807, 2.05) is 49.3 Å². The highest BCUT2D eigenvalue weighted by molar-refractivity contribution is 5.95. The van der Waals surface area contributed by atoms with Crippen molar-refractivity contribution in [3.63, 3.8) is 0 Å². The lowest BCUT2D eigenvalue weighted by atomic mass is 9.82. The third-order valence-corrected chi connectivity index (χ3v) is 6.29. The van der Waals surface area contributed by atoms with Crippen LogP contribution in [0.1, 0.15) is 34.3 Å². The van der Waals surface area contributed by atoms with Crippen LogP contribution < -0.4 is 9.64 Å². The second-order valence-corrected chi connectivity index (χ2v) is 8.23. The molecular formula is C24H30N2O3. The van der Waals surface area contributed by atoms with Gasteiger partial charge in [0.25, 0.3) is 5.91 Å². The Labute approximate surface area is 173 Å². The Morgan fingerprint density at radius 3 is 2.45 bits per heavy atom. The Balaban J connectivity index is 1.64. The van der Waals surface area contributed by atoms with Gasteiger partial charge in [0.2, 0.25) is 0 Å². The zero-order valence-corrected chi connectivity index (χ0v) is 17.6. The van der Waals surface area contributed by atoms with Gasteiger partial charge in [-0.25, -0.2) is 0 Å². The van der Waals surface area contributed by atoms with Crippen molar-refractivity contribution in [3.8, 4) is 5.75 Å². The zero-order valence-electron chi connectivity index (χ0n) is 17.6. The van der Waals surface area contributed by atoms with Crippen LogP contribution >= 0.6 is 0 Å². The second-order valence-electron chi connectivity index (χ2n) is 8.23. The summed E-state index contributed by atoms with van der Waals surface area (Å²) in [7, 11) is 5.72. The first-order chi connectivity index (χ1) is 14.1. The number of rotatable bonds is 4. The highest BCUT2D eigenvalue weighted by Crippen LogP contribution is 2.34. The van der Waals surface area contributed by atoms with Crippen molar-refractivity contribution in [2.24, 2.45) is 5.92 Å². The number of hydrogen-bond donors (Lipinski definition) is 0. The molecule has 0 saturated carbocycles. The van der Waals surface area contributed by atoms with Gasteiger partial charge in [0, 0.05) is 51.1 Å². The Kier molecular flexibility index (Phi) is 5.76. The lowest BCUT2D eigenvalue weighted by Crippen LogP contribution is -2.49. The van der Waals surface area contributed by atoms with Gasteiger partial charge in [0.05, 0.1) is 7.11 Å². The number of benzene rings is 2. The molecule has 0 aliphatic carbocycles. The summed E-state index contributed by atoms with van der Waals surface area (Å²) < 4.78 is 11.0. The van der Waals surface area contributed by atoms with Crippen LogP contribution in [0.3, 0.4) is 0 Å². The van der Waals surface area contributed by atoms with Crippen LogP contribution in [0, 0.1) is 5.92 Å². The quantitative estimate of drug-likeness (QED) is 0.792. The summed E-state index contributed by atoms with van der Waals surface area (Å²) in [5.74, 6) is 1.47. The monoisotopic (exact) mass is 394 g/mol. The molecule has 2 aliphatic rings. The SMILES string of the molecule is COc1ccc2c(c1)C[C@@H](C1CCOCC1)N(C(=O)c1ccc(N(C)C)cc1)C2. The molecule has 0 spiro atoms. The summed E-state index contributed by atoms with van der Waals surface area (Å²) in [4.78, 5) is 17.7. The van der Waals surface area contributed by atoms with E-state index < -0.39 is 0 Å². The molecule has 0 unspecified atom stereocenters. The molecule has 1 saturated heterocycles. The molecule has 0 radical (unpaired) electrons. The van der Waals surface area contributed by atoms with Gasteiger partial charge >= 0.3 is 0 Å². The van der Waals surface area contributed by atoms with Gasteiger partial charge in [-0.2, -0.15) is 0 Å². The van der Waals surface area contributed by atoms with Crippen molar-refractivity contribution in [1.29, 1.82) is 0 Å². The molecular weight excluding hydrogens is 364 g/mol. The molecule has 2 aromatic carbocycles. The molecule has 0 N–H and O–H groups in total. The third-order valence-electron chi connectivity index (χ3n) is 6.29. The van der Waals surface area contributed by atoms with Crippen LogP contribution in [0.5, 0.6) is 5.75 Å². The van der Waals surface area contributed by atoms with E-state index in [1.54, 1.807) is 7.11 Å². The average Bonchev–Trinajstić information content (AvgIpc) is 2.78. The van der Waals surface area contributed by atoms with E-state index in [-0.39, 0.29) is 11.9 Å². The molecule has 1 fully saturated rings. The van der Waals surface area contributed by atoms with Gasteiger partial charge in [0.15, 0.2) is 0 Å². The van der Waals surface area contributed by atoms with Crippen molar-refractivity contribution >= 4 is 11.6 Å². The number of anilines is 1. The van der Waals surface area contributed by atoms with Gasteiger partial charge in [-0.3, -0.25) is 4.79 Å². The Hall–Kier alpha value is -2.53. The predicted octanol–water partition coefficient (Wildman–Crippen LogP) is 3.75. The fourth-order valence-corrected chi connectivity index (χ4v) is 4.52. The van der Waals surface area contributed by atoms with E-state index in [0.717, 1.165) is 49.5 Å². The molecule has 154 valence electrons. The number of amides is 1. The first-order valence-electron chi connectivity index (χ1n) is 10.4. The fraction of sp³-hybridized carbons (Fsp3) is 0.458. The Morgan fingerprint density at radius 2 is 1.79 bits per heavy atom. The summed E-state index contributed by atoms with van der Waals surface area (Å²) in [6.45, 7) is 2.22. The van der Waals surface area contributed by atoms with E-state index in [1.165, 1.54) is 11.1 Å². The van der Waals surface area contributed by atoms with Crippen LogP contribution in [0.15, 0.2) is 42.5 Å². The topological polar surface area (TPSA) is 42.0 Å². The molecule has 0 aromatic heterocycles. The van der Waals surface area contributed by atoms with Crippen LogP contribution in [-0.4, -0.2) is 51.3 Å². The number of hydrogen-bond acceptors (Lipinski definition) is 4. The first kappa shape index (κ1) is 19.8. The molecule has 2 heterocycles. The summed E-state index contributed by atoms with van der Waals surface area (Å²) in [6, 6.07) is 14.3. The first-order valence-corrected chi connectivity index (χ1v) is 10.4. The maximum absolute atomic E-state index is 13.5. The van der Waals surface area contributed by atoms with Gasteiger partial charge in [-0.1, -0.05) is 6.07 Å². The predicted molar refractivity (Wildman–Crippen MR) is 115 cm³/mol. The van der Waals surface area contributed by atoms with Crippen molar-refractivity contribution < 1.29 is 14.3 Å². The maximum atomic E-state index is 13.5. The number of methoxy groups -OCH3 is 1. The number of nitrogens with zero attached hydrogens (tertiary/aromatic N) is 2. The van der Waals surface area contributed by atoms with Crippen molar-refractivity contribution in [2.75, 3.05) is 39.3 Å². The minimum absolute atomic E-state index is 0.119. The maximum Gasteiger partial charge on any atom is 0.254 e. The van der Waals surface area contributed by atoms with E-state index in [9.17, 15) is 4.79 Å². The van der Waals surface area contributed by atoms with Gasteiger partial charge in [0.1, 0.15) is 5.75 Å². The summed E-state index contributed by atoms with van der Waals surface area (Å²) in [5, 5.41) is 0. The number of carbonyl (C=O) groups is 1. The molecule has 1 amide bonds. The molecule has 5 nitrogen and oxygen atoms in total. The average molecular weight is 395 g/mol. The smallest absolute Gasteiger partial charge is 0.254 e. The molecule has 0 bridgehead atoms. The fourth-order valence-electron chi connectivity index (χ4n) is 4.52. The minimum Gasteiger partial charge on any atom is -0.497 e. The summed E-state index contributed by atoms with van der Waals surface area (Å²) in [6.07, 6.45) is 2.89. The second kappa shape index (κ2) is 8.46. The van der Waals surface area contributed by atoms with Crippen LogP contribution in [0.2, 0.25) is 0 Å². The summed E-state index contributed by atoms with van der Waals surface area (Å²) in [5.41, 5.74) is 4.36. The van der Waals surface area contributed by atoms with Crippen molar-refractivity contribution in [2.45, 2.75) is 31.8 Å². The van der Waals surface area contributed by atoms with Crippen LogP contribution in [0.25, 0.3) is 0 Å². The summed E-state index contributed by atoms with van der Waals surface area (Å²) >= 11 is 0. The minimum atomic E-state index is 0.119. The van der Waals surface area contributed by atoms with Gasteiger partial charge < -0.3 is 19.3 Å². The van der Waals surface area contributed by atoms with Crippen molar-refractivity contribution in [3.05, 3.63) is 59.2 Å². The number of ether oxygens (including phenoxy) is 2. The number of carbonyl (C=O) groups excluding carboxylic acids is 1. The van der Waals surface area contributed by atoms with Crippen molar-refractivity contribution in [1.82, 2.24) is 4.90 Å². The molecule has 1 atom stereocenters. The van der Waals surface area contributed by atoms with E-state index in [4.69, 9.17) is 9.47 Å².